The molecule has 84 valence electrons. The molecule has 0 aliphatic rings. The van der Waals surface area contributed by atoms with Crippen LogP contribution in [0.2, 0.25) is 0 Å². The molecule has 0 bridgehead atoms. The van der Waals surface area contributed by atoms with Gasteiger partial charge in [-0.2, -0.15) is 0 Å². The maximum atomic E-state index is 5.79. The van der Waals surface area contributed by atoms with E-state index >= 15 is 0 Å². The Bertz CT molecular complexity index is 326. The van der Waals surface area contributed by atoms with Crippen molar-refractivity contribution >= 4 is 5.82 Å². The number of nitrogens with zero attached hydrogens (tertiary/aromatic N) is 2. The standard InChI is InChI=1S/C11H19N3O/c1-4-6-15-7-10-13-9(5-2)8(3)11(12)14-10/h4-7H2,1-3H3,(H2,12,13,14). The summed E-state index contributed by atoms with van der Waals surface area (Å²) in [6.45, 7) is 7.27. The average Bonchev–Trinajstić information content (AvgIpc) is 2.23. The normalized spacial score (nSPS) is 10.6. The van der Waals surface area contributed by atoms with E-state index in [0.717, 1.165) is 30.7 Å². The van der Waals surface area contributed by atoms with Crippen molar-refractivity contribution in [2.24, 2.45) is 0 Å². The van der Waals surface area contributed by atoms with E-state index < -0.39 is 0 Å². The highest BCUT2D eigenvalue weighted by atomic mass is 16.5. The molecule has 4 heteroatoms. The summed E-state index contributed by atoms with van der Waals surface area (Å²) in [5, 5.41) is 0. The molecule has 0 spiro atoms. The fraction of sp³-hybridized carbons (Fsp3) is 0.636. The summed E-state index contributed by atoms with van der Waals surface area (Å²) >= 11 is 0. The van der Waals surface area contributed by atoms with E-state index in [1.165, 1.54) is 0 Å². The first kappa shape index (κ1) is 11.9. The second-order valence-electron chi connectivity index (χ2n) is 3.50. The minimum absolute atomic E-state index is 0.450. The summed E-state index contributed by atoms with van der Waals surface area (Å²) in [5.41, 5.74) is 7.79. The lowest BCUT2D eigenvalue weighted by Crippen LogP contribution is -2.08. The molecule has 0 aliphatic heterocycles. The quantitative estimate of drug-likeness (QED) is 0.752. The van der Waals surface area contributed by atoms with Gasteiger partial charge in [0.25, 0.3) is 0 Å². The zero-order valence-corrected chi connectivity index (χ0v) is 9.71. The van der Waals surface area contributed by atoms with Gasteiger partial charge in [-0.1, -0.05) is 13.8 Å². The second kappa shape index (κ2) is 5.66. The SMILES string of the molecule is CCCOCc1nc(N)c(C)c(CC)n1. The number of hydrogen-bond acceptors (Lipinski definition) is 4. The Morgan fingerprint density at radius 2 is 2.00 bits per heavy atom. The van der Waals surface area contributed by atoms with Crippen molar-refractivity contribution in [1.82, 2.24) is 9.97 Å². The van der Waals surface area contributed by atoms with E-state index in [1.807, 2.05) is 6.92 Å². The fourth-order valence-electron chi connectivity index (χ4n) is 1.35. The zero-order valence-electron chi connectivity index (χ0n) is 9.71. The highest BCUT2D eigenvalue weighted by Gasteiger charge is 2.06. The summed E-state index contributed by atoms with van der Waals surface area (Å²) in [4.78, 5) is 8.60. The summed E-state index contributed by atoms with van der Waals surface area (Å²) in [5.74, 6) is 1.25. The van der Waals surface area contributed by atoms with Crippen molar-refractivity contribution < 1.29 is 4.74 Å². The minimum atomic E-state index is 0.450. The van der Waals surface area contributed by atoms with Gasteiger partial charge in [0, 0.05) is 17.9 Å². The van der Waals surface area contributed by atoms with Crippen LogP contribution in [0.15, 0.2) is 0 Å². The molecule has 0 atom stereocenters. The van der Waals surface area contributed by atoms with E-state index in [0.29, 0.717) is 18.2 Å². The first-order valence-corrected chi connectivity index (χ1v) is 5.38. The molecule has 4 nitrogen and oxygen atoms in total. The van der Waals surface area contributed by atoms with Crippen molar-refractivity contribution in [2.45, 2.75) is 40.2 Å². The van der Waals surface area contributed by atoms with Gasteiger partial charge in [-0.15, -0.1) is 0 Å². The smallest absolute Gasteiger partial charge is 0.156 e. The number of aromatic nitrogens is 2. The number of anilines is 1. The van der Waals surface area contributed by atoms with Crippen molar-refractivity contribution in [3.63, 3.8) is 0 Å². The van der Waals surface area contributed by atoms with Crippen molar-refractivity contribution in [3.05, 3.63) is 17.1 Å². The van der Waals surface area contributed by atoms with Gasteiger partial charge in [0.05, 0.1) is 0 Å². The number of nitrogen functional groups attached to an aromatic ring is 1. The van der Waals surface area contributed by atoms with Crippen LogP contribution in [0.3, 0.4) is 0 Å². The van der Waals surface area contributed by atoms with Crippen molar-refractivity contribution in [3.8, 4) is 0 Å². The highest BCUT2D eigenvalue weighted by molar-refractivity contribution is 5.41. The van der Waals surface area contributed by atoms with E-state index in [9.17, 15) is 0 Å². The monoisotopic (exact) mass is 209 g/mol. The fourth-order valence-corrected chi connectivity index (χ4v) is 1.35. The number of nitrogens with two attached hydrogens (primary N) is 1. The Balaban J connectivity index is 2.77. The average molecular weight is 209 g/mol. The topological polar surface area (TPSA) is 61.0 Å². The van der Waals surface area contributed by atoms with E-state index in [2.05, 4.69) is 23.8 Å². The summed E-state index contributed by atoms with van der Waals surface area (Å²) < 4.78 is 5.38. The summed E-state index contributed by atoms with van der Waals surface area (Å²) in [7, 11) is 0. The van der Waals surface area contributed by atoms with Crippen LogP contribution in [-0.2, 0) is 17.8 Å². The lowest BCUT2D eigenvalue weighted by Gasteiger charge is -2.08. The highest BCUT2D eigenvalue weighted by Crippen LogP contribution is 2.13. The molecule has 0 saturated carbocycles. The summed E-state index contributed by atoms with van der Waals surface area (Å²) in [6, 6.07) is 0. The van der Waals surface area contributed by atoms with Crippen LogP contribution in [0, 0.1) is 6.92 Å². The molecule has 0 saturated heterocycles. The van der Waals surface area contributed by atoms with Crippen LogP contribution in [0.25, 0.3) is 0 Å². The third kappa shape index (κ3) is 3.16. The lowest BCUT2D eigenvalue weighted by atomic mass is 10.2. The molecule has 0 radical (unpaired) electrons. The molecule has 1 aromatic rings. The van der Waals surface area contributed by atoms with E-state index in [4.69, 9.17) is 10.5 Å². The molecular weight excluding hydrogens is 190 g/mol. The van der Waals surface area contributed by atoms with Crippen LogP contribution in [0.1, 0.15) is 37.4 Å². The maximum absolute atomic E-state index is 5.79. The molecule has 1 aromatic heterocycles. The maximum Gasteiger partial charge on any atom is 0.156 e. The Morgan fingerprint density at radius 1 is 1.27 bits per heavy atom. The van der Waals surface area contributed by atoms with Crippen LogP contribution in [0.4, 0.5) is 5.82 Å². The van der Waals surface area contributed by atoms with Crippen LogP contribution in [-0.4, -0.2) is 16.6 Å². The Morgan fingerprint density at radius 3 is 2.60 bits per heavy atom. The lowest BCUT2D eigenvalue weighted by molar-refractivity contribution is 0.116. The number of hydrogen-bond donors (Lipinski definition) is 1. The van der Waals surface area contributed by atoms with Gasteiger partial charge in [-0.05, 0) is 19.8 Å². The molecule has 0 fully saturated rings. The second-order valence-corrected chi connectivity index (χ2v) is 3.50. The Labute approximate surface area is 90.9 Å². The predicted molar refractivity (Wildman–Crippen MR) is 60.5 cm³/mol. The molecule has 0 amide bonds. The first-order chi connectivity index (χ1) is 7.19. The largest absolute Gasteiger partial charge is 0.383 e. The molecule has 0 aliphatic carbocycles. The van der Waals surface area contributed by atoms with Gasteiger partial charge in [0.2, 0.25) is 0 Å². The van der Waals surface area contributed by atoms with Crippen LogP contribution >= 0.6 is 0 Å². The zero-order chi connectivity index (χ0) is 11.3. The minimum Gasteiger partial charge on any atom is -0.383 e. The summed E-state index contributed by atoms with van der Waals surface area (Å²) in [6.07, 6.45) is 1.88. The molecule has 0 aromatic carbocycles. The molecule has 1 rings (SSSR count). The van der Waals surface area contributed by atoms with Crippen molar-refractivity contribution in [2.75, 3.05) is 12.3 Å². The molecular formula is C11H19N3O. The van der Waals surface area contributed by atoms with Gasteiger partial charge in [-0.25, -0.2) is 9.97 Å². The third-order valence-corrected chi connectivity index (χ3v) is 2.25. The number of rotatable bonds is 5. The Kier molecular flexibility index (Phi) is 4.49. The molecule has 1 heterocycles. The number of aryl methyl sites for hydroxylation is 1. The van der Waals surface area contributed by atoms with Crippen LogP contribution in [0.5, 0.6) is 0 Å². The van der Waals surface area contributed by atoms with Crippen LogP contribution < -0.4 is 5.73 Å². The Hall–Kier alpha value is -1.16. The first-order valence-electron chi connectivity index (χ1n) is 5.38. The van der Waals surface area contributed by atoms with Gasteiger partial charge in [0.1, 0.15) is 12.4 Å². The molecule has 2 N–H and O–H groups in total. The predicted octanol–water partition coefficient (Wildman–Crippen LogP) is 1.86. The van der Waals surface area contributed by atoms with Crippen molar-refractivity contribution in [1.29, 1.82) is 0 Å². The number of ether oxygens (including phenoxy) is 1. The molecule has 15 heavy (non-hydrogen) atoms. The van der Waals surface area contributed by atoms with Gasteiger partial charge >= 0.3 is 0 Å². The van der Waals surface area contributed by atoms with Gasteiger partial charge < -0.3 is 10.5 Å². The van der Waals surface area contributed by atoms with Gasteiger partial charge in [-0.3, -0.25) is 0 Å². The molecule has 0 unspecified atom stereocenters. The van der Waals surface area contributed by atoms with E-state index in [1.54, 1.807) is 0 Å². The van der Waals surface area contributed by atoms with E-state index in [-0.39, 0.29) is 0 Å². The van der Waals surface area contributed by atoms with Gasteiger partial charge in [0.15, 0.2) is 5.82 Å². The third-order valence-electron chi connectivity index (χ3n) is 2.25.